The van der Waals surface area contributed by atoms with Crippen LogP contribution in [0.25, 0.3) is 0 Å². The van der Waals surface area contributed by atoms with Gasteiger partial charge in [0, 0.05) is 17.4 Å². The van der Waals surface area contributed by atoms with Crippen LogP contribution in [0.4, 0.5) is 9.59 Å². The van der Waals surface area contributed by atoms with E-state index in [-0.39, 0.29) is 50.1 Å². The van der Waals surface area contributed by atoms with Crippen LogP contribution in [0.3, 0.4) is 0 Å². The Bertz CT molecular complexity index is 1220. The number of aromatic nitrogens is 4. The molecule has 3 atom stereocenters. The summed E-state index contributed by atoms with van der Waals surface area (Å²) < 4.78 is 22.5. The molecule has 0 bridgehead atoms. The number of hydrogen-bond donors (Lipinski definition) is 1. The second kappa shape index (κ2) is 11.4. The topological polar surface area (TPSA) is 177 Å². The molecule has 0 spiro atoms. The van der Waals surface area contributed by atoms with Gasteiger partial charge in [0.25, 0.3) is 5.91 Å². The fourth-order valence-electron chi connectivity index (χ4n) is 4.24. The smallest absolute Gasteiger partial charge is 0.430 e. The molecule has 208 valence electrons. The van der Waals surface area contributed by atoms with Gasteiger partial charge < -0.3 is 29.1 Å². The number of ether oxygens (including phenoxy) is 4. The van der Waals surface area contributed by atoms with Crippen LogP contribution in [0.5, 0.6) is 0 Å². The zero-order chi connectivity index (χ0) is 27.5. The summed E-state index contributed by atoms with van der Waals surface area (Å²) >= 11 is 1.17. The van der Waals surface area contributed by atoms with Gasteiger partial charge in [-0.15, -0.1) is 5.10 Å². The van der Waals surface area contributed by atoms with Gasteiger partial charge in [-0.05, 0) is 23.3 Å². The first-order chi connectivity index (χ1) is 18.9. The first kappa shape index (κ1) is 26.6. The van der Waals surface area contributed by atoms with E-state index in [2.05, 4.69) is 34.0 Å². The second-order valence-electron chi connectivity index (χ2n) is 8.75. The predicted molar refractivity (Wildman–Crippen MR) is 128 cm³/mol. The van der Waals surface area contributed by atoms with Gasteiger partial charge in [-0.1, -0.05) is 42.1 Å². The highest BCUT2D eigenvalue weighted by Gasteiger charge is 2.65. The van der Waals surface area contributed by atoms with Gasteiger partial charge in [-0.2, -0.15) is 0 Å². The van der Waals surface area contributed by atoms with Crippen LogP contribution >= 0.6 is 11.8 Å². The number of nitrogens with one attached hydrogen (secondary N) is 1. The third-order valence-electron chi connectivity index (χ3n) is 6.05. The summed E-state index contributed by atoms with van der Waals surface area (Å²) in [7, 11) is 0. The Kier molecular flexibility index (Phi) is 7.80. The number of hydrogen-bond acceptors (Lipinski definition) is 14. The van der Waals surface area contributed by atoms with Gasteiger partial charge in [0.1, 0.15) is 32.6 Å². The minimum absolute atomic E-state index is 0.0469. The van der Waals surface area contributed by atoms with Crippen molar-refractivity contribution < 1.29 is 43.0 Å². The van der Waals surface area contributed by atoms with Crippen LogP contribution < -0.4 is 5.32 Å². The average Bonchev–Trinajstić information content (AvgIpc) is 3.53. The van der Waals surface area contributed by atoms with E-state index >= 15 is 0 Å². The summed E-state index contributed by atoms with van der Waals surface area (Å²) in [5.74, 6) is -0.581. The number of amides is 2. The Morgan fingerprint density at radius 1 is 1.15 bits per heavy atom. The van der Waals surface area contributed by atoms with E-state index in [1.807, 2.05) is 0 Å². The van der Waals surface area contributed by atoms with Gasteiger partial charge in [0.15, 0.2) is 6.04 Å². The van der Waals surface area contributed by atoms with Gasteiger partial charge in [-0.25, -0.2) is 14.3 Å². The van der Waals surface area contributed by atoms with E-state index in [0.717, 1.165) is 17.9 Å². The van der Waals surface area contributed by atoms with Gasteiger partial charge in [0.2, 0.25) is 16.9 Å². The lowest BCUT2D eigenvalue weighted by atomic mass is 9.90. The van der Waals surface area contributed by atoms with Crippen molar-refractivity contribution in [3.63, 3.8) is 0 Å². The molecule has 0 radical (unpaired) electrons. The van der Waals surface area contributed by atoms with Crippen molar-refractivity contribution in [2.75, 3.05) is 25.7 Å². The molecule has 1 N–H and O–H groups in total. The standard InChI is InChI=1S/C22H25N7O9S/c1-3-7-34-21(32)37-19-13(10-39-20-24-25-26-27(20)9-14(30)23-12-5-6-12)17-15-16(18(31)29(15)19)28(11-36-17)38-22(33)35-8-4-2/h3-4,12,15-17H,1-2,5-11H2,(H,23,30)/t15-,16-,17?/m0/s1. The SMILES string of the molecule is C=CCOC(=O)OC1=C(CSc2nnnn2CC(=O)NC2CC2)C2OCN(OC(=O)OCC=C)[C@@H]3C(=O)N1[C@H]23. The van der Waals surface area contributed by atoms with Crippen molar-refractivity contribution in [2.45, 2.75) is 48.8 Å². The molecule has 3 aliphatic heterocycles. The Hall–Kier alpha value is -3.96. The van der Waals surface area contributed by atoms with Crippen LogP contribution in [-0.2, 0) is 39.9 Å². The van der Waals surface area contributed by atoms with Gasteiger partial charge in [0.05, 0.1) is 6.04 Å². The van der Waals surface area contributed by atoms with Crippen molar-refractivity contribution in [1.29, 1.82) is 0 Å². The highest BCUT2D eigenvalue weighted by atomic mass is 32.2. The Morgan fingerprint density at radius 3 is 2.62 bits per heavy atom. The molecule has 0 aromatic carbocycles. The molecule has 1 unspecified atom stereocenters. The van der Waals surface area contributed by atoms with Crippen molar-refractivity contribution in [3.8, 4) is 0 Å². The zero-order valence-electron chi connectivity index (χ0n) is 20.6. The maximum absolute atomic E-state index is 13.1. The third-order valence-corrected chi connectivity index (χ3v) is 7.06. The van der Waals surface area contributed by atoms with Crippen molar-refractivity contribution in [2.24, 2.45) is 0 Å². The highest BCUT2D eigenvalue weighted by Crippen LogP contribution is 2.46. The molecule has 1 aromatic rings. The summed E-state index contributed by atoms with van der Waals surface area (Å²) in [5, 5.41) is 15.8. The number of rotatable bonds is 12. The molecule has 16 nitrogen and oxygen atoms in total. The van der Waals surface area contributed by atoms with Crippen LogP contribution in [0.2, 0.25) is 0 Å². The van der Waals surface area contributed by atoms with Crippen molar-refractivity contribution in [3.05, 3.63) is 36.8 Å². The third kappa shape index (κ3) is 5.59. The average molecular weight is 564 g/mol. The minimum atomic E-state index is -1.04. The molecule has 2 amide bonds. The number of tetrazole rings is 1. The summed E-state index contributed by atoms with van der Waals surface area (Å²) in [6, 6.07) is -1.33. The lowest BCUT2D eigenvalue weighted by Gasteiger charge is -2.50. The summed E-state index contributed by atoms with van der Waals surface area (Å²) in [6.45, 7) is 6.47. The second-order valence-corrected chi connectivity index (χ2v) is 9.69. The molecule has 2 saturated heterocycles. The molecule has 39 heavy (non-hydrogen) atoms. The van der Waals surface area contributed by atoms with Crippen LogP contribution in [0.15, 0.2) is 41.9 Å². The summed E-state index contributed by atoms with van der Waals surface area (Å²) in [5.41, 5.74) is 0.460. The van der Waals surface area contributed by atoms with E-state index in [9.17, 15) is 19.2 Å². The Labute approximate surface area is 225 Å². The van der Waals surface area contributed by atoms with Crippen molar-refractivity contribution in [1.82, 2.24) is 35.5 Å². The lowest BCUT2D eigenvalue weighted by Crippen LogP contribution is -2.74. The molecule has 17 heteroatoms. The molecule has 1 saturated carbocycles. The fraction of sp³-hybridized carbons (Fsp3) is 0.500. The molecular weight excluding hydrogens is 538 g/mol. The highest BCUT2D eigenvalue weighted by molar-refractivity contribution is 7.99. The number of nitrogens with zero attached hydrogens (tertiary/aromatic N) is 6. The van der Waals surface area contributed by atoms with Crippen molar-refractivity contribution >= 4 is 35.9 Å². The predicted octanol–water partition coefficient (Wildman–Crippen LogP) is 0.100. The molecule has 3 fully saturated rings. The van der Waals surface area contributed by atoms with Crippen LogP contribution in [0, 0.1) is 0 Å². The van der Waals surface area contributed by atoms with E-state index in [0.29, 0.717) is 10.7 Å². The maximum Gasteiger partial charge on any atom is 0.528 e. The van der Waals surface area contributed by atoms with Crippen LogP contribution in [-0.4, -0.2) is 104 Å². The molecule has 1 aromatic heterocycles. The summed E-state index contributed by atoms with van der Waals surface area (Å²) in [6.07, 6.45) is 1.90. The number of carbonyl (C=O) groups is 4. The maximum atomic E-state index is 13.1. The van der Waals surface area contributed by atoms with E-state index in [4.69, 9.17) is 23.8 Å². The molecular formula is C22H25N7O9S. The monoisotopic (exact) mass is 563 g/mol. The number of hydroxylamine groups is 2. The van der Waals surface area contributed by atoms with E-state index < -0.39 is 36.4 Å². The van der Waals surface area contributed by atoms with Gasteiger partial charge in [-0.3, -0.25) is 14.5 Å². The number of carbonyl (C=O) groups excluding carboxylic acids is 4. The first-order valence-electron chi connectivity index (χ1n) is 11.9. The lowest BCUT2D eigenvalue weighted by molar-refractivity contribution is -0.272. The zero-order valence-corrected chi connectivity index (χ0v) is 21.4. The van der Waals surface area contributed by atoms with Gasteiger partial charge >= 0.3 is 12.3 Å². The largest absolute Gasteiger partial charge is 0.528 e. The molecule has 4 aliphatic rings. The Morgan fingerprint density at radius 2 is 1.90 bits per heavy atom. The number of thioether (sulfide) groups is 1. The normalized spacial score (nSPS) is 23.4. The quantitative estimate of drug-likeness (QED) is 0.157. The number of β-lactam (4-membered cyclic amide) rings is 1. The molecule has 1 aliphatic carbocycles. The molecule has 4 heterocycles. The Balaban J connectivity index is 1.31. The fourth-order valence-corrected chi connectivity index (χ4v) is 5.16. The first-order valence-corrected chi connectivity index (χ1v) is 12.9. The summed E-state index contributed by atoms with van der Waals surface area (Å²) in [4.78, 5) is 56.0. The molecule has 5 rings (SSSR count). The minimum Gasteiger partial charge on any atom is -0.430 e. The van der Waals surface area contributed by atoms with Crippen LogP contribution in [0.1, 0.15) is 12.8 Å². The van der Waals surface area contributed by atoms with E-state index in [1.165, 1.54) is 33.5 Å². The van der Waals surface area contributed by atoms with E-state index in [1.54, 1.807) is 0 Å².